The molecule has 0 aliphatic heterocycles. The van der Waals surface area contributed by atoms with Crippen LogP contribution in [-0.2, 0) is 5.41 Å². The van der Waals surface area contributed by atoms with Gasteiger partial charge in [0.05, 0.1) is 0 Å². The van der Waals surface area contributed by atoms with E-state index >= 15 is 0 Å². The van der Waals surface area contributed by atoms with E-state index in [1.807, 2.05) is 12.1 Å². The van der Waals surface area contributed by atoms with E-state index in [1.165, 1.54) is 77.5 Å². The summed E-state index contributed by atoms with van der Waals surface area (Å²) in [4.78, 5) is 2.37. The van der Waals surface area contributed by atoms with Crippen molar-refractivity contribution in [3.8, 4) is 66.8 Å². The molecule has 69 heavy (non-hydrogen) atoms. The molecule has 0 atom stereocenters. The molecule has 0 amide bonds. The van der Waals surface area contributed by atoms with Crippen LogP contribution < -0.4 is 4.90 Å². The van der Waals surface area contributed by atoms with Gasteiger partial charge in [0.1, 0.15) is 11.2 Å². The molecule has 0 radical (unpaired) electrons. The average molecular weight is 882 g/mol. The Morgan fingerprint density at radius 3 is 1.38 bits per heavy atom. The molecule has 13 rings (SSSR count). The summed E-state index contributed by atoms with van der Waals surface area (Å²) in [5, 5.41) is 4.83. The minimum atomic E-state index is -0.194. The van der Waals surface area contributed by atoms with Crippen molar-refractivity contribution in [2.45, 2.75) is 19.3 Å². The second-order valence-corrected chi connectivity index (χ2v) is 18.8. The van der Waals surface area contributed by atoms with Crippen LogP contribution in [-0.4, -0.2) is 0 Å². The van der Waals surface area contributed by atoms with E-state index in [2.05, 4.69) is 255 Å². The highest BCUT2D eigenvalue weighted by Crippen LogP contribution is 2.58. The third-order valence-corrected chi connectivity index (χ3v) is 14.5. The number of hydrogen-bond donors (Lipinski definition) is 0. The minimum absolute atomic E-state index is 0.194. The Labute approximate surface area is 403 Å². The zero-order valence-corrected chi connectivity index (χ0v) is 38.5. The van der Waals surface area contributed by atoms with Crippen LogP contribution in [0.1, 0.15) is 25.0 Å². The highest BCUT2D eigenvalue weighted by molar-refractivity contribution is 6.15. The molecule has 11 aromatic carbocycles. The lowest BCUT2D eigenvalue weighted by molar-refractivity contribution is 0.666. The van der Waals surface area contributed by atoms with Crippen LogP contribution in [0, 0.1) is 0 Å². The number of hydrogen-bond acceptors (Lipinski definition) is 2. The summed E-state index contributed by atoms with van der Waals surface area (Å²) in [6.45, 7) is 4.79. The van der Waals surface area contributed by atoms with Gasteiger partial charge >= 0.3 is 0 Å². The number of benzene rings is 11. The number of anilines is 3. The maximum atomic E-state index is 6.48. The maximum absolute atomic E-state index is 6.48. The van der Waals surface area contributed by atoms with Crippen molar-refractivity contribution < 1.29 is 4.42 Å². The summed E-state index contributed by atoms with van der Waals surface area (Å²) in [5.74, 6) is 0. The summed E-state index contributed by atoms with van der Waals surface area (Å²) >= 11 is 0. The zero-order chi connectivity index (χ0) is 46.1. The van der Waals surface area contributed by atoms with E-state index in [1.54, 1.807) is 0 Å². The van der Waals surface area contributed by atoms with Crippen LogP contribution in [0.25, 0.3) is 99.5 Å². The molecule has 326 valence electrons. The largest absolute Gasteiger partial charge is 0.455 e. The lowest BCUT2D eigenvalue weighted by atomic mass is 9.77. The van der Waals surface area contributed by atoms with Gasteiger partial charge in [0, 0.05) is 38.8 Å². The molecule has 0 saturated carbocycles. The fourth-order valence-electron chi connectivity index (χ4n) is 11.2. The Kier molecular flexibility index (Phi) is 9.55. The van der Waals surface area contributed by atoms with Crippen molar-refractivity contribution in [3.63, 3.8) is 0 Å². The average Bonchev–Trinajstić information content (AvgIpc) is 3.92. The zero-order valence-electron chi connectivity index (χ0n) is 38.5. The smallest absolute Gasteiger partial charge is 0.143 e. The van der Waals surface area contributed by atoms with E-state index in [0.29, 0.717) is 0 Å². The van der Waals surface area contributed by atoms with Gasteiger partial charge in [0.2, 0.25) is 0 Å². The molecule has 1 aromatic heterocycles. The Morgan fingerprint density at radius 2 is 0.739 bits per heavy atom. The minimum Gasteiger partial charge on any atom is -0.455 e. The lowest BCUT2D eigenvalue weighted by Gasteiger charge is -2.27. The number of furan rings is 1. The van der Waals surface area contributed by atoms with Crippen LogP contribution in [0.3, 0.4) is 0 Å². The number of fused-ring (bicyclic) bond motifs is 8. The molecule has 2 heteroatoms. The van der Waals surface area contributed by atoms with Crippen molar-refractivity contribution in [1.82, 2.24) is 0 Å². The Bertz CT molecular complexity index is 3870. The molecule has 1 heterocycles. The first kappa shape index (κ1) is 40.5. The van der Waals surface area contributed by atoms with Crippen LogP contribution in [0.2, 0.25) is 0 Å². The van der Waals surface area contributed by atoms with Crippen molar-refractivity contribution in [3.05, 3.63) is 260 Å². The molecular weight excluding hydrogens is 835 g/mol. The molecule has 0 unspecified atom stereocenters. The highest BCUT2D eigenvalue weighted by Gasteiger charge is 2.40. The van der Waals surface area contributed by atoms with Gasteiger partial charge in [-0.1, -0.05) is 220 Å². The first-order valence-electron chi connectivity index (χ1n) is 23.9. The van der Waals surface area contributed by atoms with Crippen LogP contribution in [0.15, 0.2) is 253 Å². The van der Waals surface area contributed by atoms with E-state index in [-0.39, 0.29) is 5.41 Å². The molecule has 12 aromatic rings. The lowest BCUT2D eigenvalue weighted by Crippen LogP contribution is -2.15. The number of nitrogens with zero attached hydrogens (tertiary/aromatic N) is 1. The summed E-state index contributed by atoms with van der Waals surface area (Å²) in [7, 11) is 0. The predicted octanol–water partition coefficient (Wildman–Crippen LogP) is 18.9. The van der Waals surface area contributed by atoms with Gasteiger partial charge in [0.15, 0.2) is 0 Å². The quantitative estimate of drug-likeness (QED) is 0.151. The van der Waals surface area contributed by atoms with Crippen molar-refractivity contribution in [1.29, 1.82) is 0 Å². The van der Waals surface area contributed by atoms with Gasteiger partial charge in [-0.25, -0.2) is 0 Å². The molecule has 0 bridgehead atoms. The predicted molar refractivity (Wildman–Crippen MR) is 291 cm³/mol. The van der Waals surface area contributed by atoms with Gasteiger partial charge < -0.3 is 9.32 Å². The fraction of sp³-hybridized carbons (Fsp3) is 0.0448. The van der Waals surface area contributed by atoms with Crippen LogP contribution in [0.4, 0.5) is 17.1 Å². The third kappa shape index (κ3) is 6.71. The monoisotopic (exact) mass is 881 g/mol. The number of para-hydroxylation sites is 2. The molecule has 0 saturated heterocycles. The molecule has 0 N–H and O–H groups in total. The van der Waals surface area contributed by atoms with Crippen LogP contribution in [0.5, 0.6) is 0 Å². The SMILES string of the molecule is CC1(C)c2ccccc2-c2c(-c3ccc(N(c4ccc(-c5ccccc5)cc4)c4ccc(-c5cccc6c5oc5ccccc56)cc4)cc3)c(-c3ccc(-c4ccccc4)cc3)c3ccccc3c21. The van der Waals surface area contributed by atoms with E-state index in [4.69, 9.17) is 4.42 Å². The fourth-order valence-corrected chi connectivity index (χ4v) is 11.2. The second kappa shape index (κ2) is 16.3. The summed E-state index contributed by atoms with van der Waals surface area (Å²) in [5.41, 5.74) is 22.1. The van der Waals surface area contributed by atoms with E-state index in [9.17, 15) is 0 Å². The van der Waals surface area contributed by atoms with Crippen molar-refractivity contribution in [2.24, 2.45) is 0 Å². The molecule has 1 aliphatic carbocycles. The summed E-state index contributed by atoms with van der Waals surface area (Å²) in [6.07, 6.45) is 0. The van der Waals surface area contributed by atoms with Gasteiger partial charge in [-0.2, -0.15) is 0 Å². The number of rotatable bonds is 8. The summed E-state index contributed by atoms with van der Waals surface area (Å²) < 4.78 is 6.48. The van der Waals surface area contributed by atoms with E-state index in [0.717, 1.165) is 50.1 Å². The highest BCUT2D eigenvalue weighted by atomic mass is 16.3. The molecule has 2 nitrogen and oxygen atoms in total. The van der Waals surface area contributed by atoms with E-state index < -0.39 is 0 Å². The third-order valence-electron chi connectivity index (χ3n) is 14.5. The first-order valence-corrected chi connectivity index (χ1v) is 23.9. The molecule has 0 fully saturated rings. The molecular formula is C67H47NO. The van der Waals surface area contributed by atoms with Gasteiger partial charge in [-0.05, 0) is 126 Å². The second-order valence-electron chi connectivity index (χ2n) is 18.8. The van der Waals surface area contributed by atoms with Crippen molar-refractivity contribution in [2.75, 3.05) is 4.90 Å². The van der Waals surface area contributed by atoms with Crippen LogP contribution >= 0.6 is 0 Å². The molecule has 1 aliphatic rings. The Balaban J connectivity index is 0.975. The van der Waals surface area contributed by atoms with Gasteiger partial charge in [-0.15, -0.1) is 0 Å². The maximum Gasteiger partial charge on any atom is 0.143 e. The first-order chi connectivity index (χ1) is 34.0. The standard InChI is InChI=1S/C67H47NO/c1-67(2)60-26-13-11-23-59(60)64-63(62(56-21-9-10-22-57(56)65(64)67)49-30-28-46(29-31-49)44-16-5-3-6-17-44)50-36-42-53(43-37-50)68(51-38-32-47(33-39-51)45-18-7-4-8-19-45)52-40-34-48(35-41-52)54-24-15-25-58-55-20-12-14-27-61(55)69-66(54)58/h3-43H,1-2H3. The van der Waals surface area contributed by atoms with Crippen molar-refractivity contribution >= 4 is 49.8 Å². The normalized spacial score (nSPS) is 12.6. The summed E-state index contributed by atoms with van der Waals surface area (Å²) in [6, 6.07) is 90.5. The van der Waals surface area contributed by atoms with Gasteiger partial charge in [0.25, 0.3) is 0 Å². The van der Waals surface area contributed by atoms with Gasteiger partial charge in [-0.3, -0.25) is 0 Å². The Morgan fingerprint density at radius 1 is 0.304 bits per heavy atom. The molecule has 0 spiro atoms. The topological polar surface area (TPSA) is 16.4 Å². The Hall–Kier alpha value is -8.72.